The summed E-state index contributed by atoms with van der Waals surface area (Å²) in [6.07, 6.45) is 0. The third kappa shape index (κ3) is 3.55. The number of halogens is 1. The summed E-state index contributed by atoms with van der Waals surface area (Å²) in [5, 5.41) is 13.0. The Balaban J connectivity index is 2.01. The van der Waals surface area contributed by atoms with Crippen LogP contribution in [0.15, 0.2) is 42.5 Å². The maximum absolute atomic E-state index is 12.9. The highest BCUT2D eigenvalue weighted by Gasteiger charge is 2.10. The quantitative estimate of drug-likeness (QED) is 0.877. The van der Waals surface area contributed by atoms with E-state index in [0.29, 0.717) is 12.1 Å². The third-order valence-electron chi connectivity index (χ3n) is 3.19. The maximum Gasteiger partial charge on any atom is 0.126 e. The van der Waals surface area contributed by atoms with Crippen molar-refractivity contribution in [2.75, 3.05) is 0 Å². The fourth-order valence-electron chi connectivity index (χ4n) is 1.97. The predicted octanol–water partition coefficient (Wildman–Crippen LogP) is 3.69. The molecular formula is C16H18FNO. The molecule has 0 aromatic heterocycles. The van der Waals surface area contributed by atoms with E-state index in [2.05, 4.69) is 36.5 Å². The first-order chi connectivity index (χ1) is 9.06. The molecule has 2 nitrogen and oxygen atoms in total. The molecule has 0 bridgehead atoms. The molecule has 0 aliphatic heterocycles. The van der Waals surface area contributed by atoms with E-state index in [-0.39, 0.29) is 11.8 Å². The molecule has 0 amide bonds. The summed E-state index contributed by atoms with van der Waals surface area (Å²) >= 11 is 0. The maximum atomic E-state index is 12.9. The Labute approximate surface area is 112 Å². The number of aromatic hydroxyl groups is 1. The summed E-state index contributed by atoms with van der Waals surface area (Å²) in [6, 6.07) is 12.3. The molecule has 2 N–H and O–H groups in total. The molecule has 0 aliphatic rings. The second kappa shape index (κ2) is 5.85. The van der Waals surface area contributed by atoms with Gasteiger partial charge in [-0.1, -0.05) is 35.9 Å². The number of benzene rings is 2. The Hall–Kier alpha value is -1.87. The molecule has 3 heteroatoms. The standard InChI is InChI=1S/C16H18FNO/c1-11-3-5-13(6-4-11)10-18-12(2)15-8-7-14(17)9-16(15)19/h3-9,12,18-19H,10H2,1-2H3. The fraction of sp³-hybridized carbons (Fsp3) is 0.250. The minimum absolute atomic E-state index is 0.0103. The van der Waals surface area contributed by atoms with Crippen LogP contribution in [0.5, 0.6) is 5.75 Å². The Morgan fingerprint density at radius 3 is 2.47 bits per heavy atom. The van der Waals surface area contributed by atoms with Crippen molar-refractivity contribution in [3.63, 3.8) is 0 Å². The van der Waals surface area contributed by atoms with E-state index < -0.39 is 5.82 Å². The molecule has 0 spiro atoms. The van der Waals surface area contributed by atoms with Crippen LogP contribution in [0.2, 0.25) is 0 Å². The third-order valence-corrected chi connectivity index (χ3v) is 3.19. The van der Waals surface area contributed by atoms with Crippen molar-refractivity contribution in [2.45, 2.75) is 26.4 Å². The number of nitrogens with one attached hydrogen (secondary N) is 1. The van der Waals surface area contributed by atoms with Crippen molar-refractivity contribution >= 4 is 0 Å². The monoisotopic (exact) mass is 259 g/mol. The molecule has 2 aromatic carbocycles. The molecule has 0 heterocycles. The highest BCUT2D eigenvalue weighted by Crippen LogP contribution is 2.24. The van der Waals surface area contributed by atoms with Crippen LogP contribution in [0.1, 0.15) is 29.7 Å². The lowest BCUT2D eigenvalue weighted by Gasteiger charge is -2.15. The van der Waals surface area contributed by atoms with Gasteiger partial charge in [-0.3, -0.25) is 0 Å². The van der Waals surface area contributed by atoms with Gasteiger partial charge < -0.3 is 10.4 Å². The Kier molecular flexibility index (Phi) is 4.17. The van der Waals surface area contributed by atoms with Crippen LogP contribution in [0.3, 0.4) is 0 Å². The van der Waals surface area contributed by atoms with Gasteiger partial charge in [0.25, 0.3) is 0 Å². The molecular weight excluding hydrogens is 241 g/mol. The highest BCUT2D eigenvalue weighted by atomic mass is 19.1. The summed E-state index contributed by atoms with van der Waals surface area (Å²) in [4.78, 5) is 0. The van der Waals surface area contributed by atoms with Gasteiger partial charge in [-0.25, -0.2) is 4.39 Å². The molecule has 1 atom stereocenters. The number of phenolic OH excluding ortho intramolecular Hbond substituents is 1. The van der Waals surface area contributed by atoms with Crippen LogP contribution in [0.4, 0.5) is 4.39 Å². The van der Waals surface area contributed by atoms with Crippen LogP contribution in [0, 0.1) is 12.7 Å². The van der Waals surface area contributed by atoms with Gasteiger partial charge >= 0.3 is 0 Å². The number of hydrogen-bond acceptors (Lipinski definition) is 2. The Bertz CT molecular complexity index is 551. The van der Waals surface area contributed by atoms with Crippen LogP contribution in [0.25, 0.3) is 0 Å². The topological polar surface area (TPSA) is 32.3 Å². The van der Waals surface area contributed by atoms with E-state index in [4.69, 9.17) is 0 Å². The van der Waals surface area contributed by atoms with Crippen LogP contribution in [-0.4, -0.2) is 5.11 Å². The van der Waals surface area contributed by atoms with E-state index in [1.54, 1.807) is 6.07 Å². The molecule has 2 rings (SSSR count). The van der Waals surface area contributed by atoms with Crippen LogP contribution in [-0.2, 0) is 6.54 Å². The average molecular weight is 259 g/mol. The first kappa shape index (κ1) is 13.6. The summed E-state index contributed by atoms with van der Waals surface area (Å²) in [6.45, 7) is 4.70. The first-order valence-corrected chi connectivity index (χ1v) is 6.33. The molecule has 0 saturated heterocycles. The molecule has 0 saturated carbocycles. The van der Waals surface area contributed by atoms with E-state index >= 15 is 0 Å². The van der Waals surface area contributed by atoms with E-state index in [1.165, 1.54) is 17.2 Å². The second-order valence-electron chi connectivity index (χ2n) is 4.79. The second-order valence-corrected chi connectivity index (χ2v) is 4.79. The molecule has 0 aliphatic carbocycles. The Morgan fingerprint density at radius 1 is 1.16 bits per heavy atom. The minimum Gasteiger partial charge on any atom is -0.508 e. The summed E-state index contributed by atoms with van der Waals surface area (Å²) in [7, 11) is 0. The number of rotatable bonds is 4. The average Bonchev–Trinajstić information content (AvgIpc) is 2.37. The number of hydrogen-bond donors (Lipinski definition) is 2. The molecule has 19 heavy (non-hydrogen) atoms. The SMILES string of the molecule is Cc1ccc(CNC(C)c2ccc(F)cc2O)cc1. The molecule has 0 radical (unpaired) electrons. The van der Waals surface area contributed by atoms with E-state index in [0.717, 1.165) is 6.07 Å². The normalized spacial score (nSPS) is 12.4. The van der Waals surface area contributed by atoms with Gasteiger partial charge in [0.15, 0.2) is 0 Å². The van der Waals surface area contributed by atoms with Crippen molar-refractivity contribution < 1.29 is 9.50 Å². The predicted molar refractivity (Wildman–Crippen MR) is 74.5 cm³/mol. The van der Waals surface area contributed by atoms with E-state index in [9.17, 15) is 9.50 Å². The largest absolute Gasteiger partial charge is 0.508 e. The van der Waals surface area contributed by atoms with Crippen molar-refractivity contribution in [2.24, 2.45) is 0 Å². The lowest BCUT2D eigenvalue weighted by atomic mass is 10.1. The number of phenols is 1. The summed E-state index contributed by atoms with van der Waals surface area (Å²) in [5.74, 6) is -0.434. The van der Waals surface area contributed by atoms with Crippen molar-refractivity contribution in [3.05, 3.63) is 65.0 Å². The summed E-state index contributed by atoms with van der Waals surface area (Å²) < 4.78 is 12.9. The van der Waals surface area contributed by atoms with Gasteiger partial charge in [-0.05, 0) is 25.5 Å². The minimum atomic E-state index is -0.424. The van der Waals surface area contributed by atoms with E-state index in [1.807, 2.05) is 6.92 Å². The lowest BCUT2D eigenvalue weighted by Crippen LogP contribution is -2.18. The van der Waals surface area contributed by atoms with Gasteiger partial charge in [0.2, 0.25) is 0 Å². The van der Waals surface area contributed by atoms with Crippen LogP contribution < -0.4 is 5.32 Å². The lowest BCUT2D eigenvalue weighted by molar-refractivity contribution is 0.446. The van der Waals surface area contributed by atoms with Crippen LogP contribution >= 0.6 is 0 Å². The zero-order valence-corrected chi connectivity index (χ0v) is 11.2. The smallest absolute Gasteiger partial charge is 0.126 e. The molecule has 1 unspecified atom stereocenters. The zero-order valence-electron chi connectivity index (χ0n) is 11.2. The van der Waals surface area contributed by atoms with Gasteiger partial charge in [-0.2, -0.15) is 0 Å². The fourth-order valence-corrected chi connectivity index (χ4v) is 1.97. The van der Waals surface area contributed by atoms with Gasteiger partial charge in [0.1, 0.15) is 11.6 Å². The Morgan fingerprint density at radius 2 is 1.84 bits per heavy atom. The zero-order chi connectivity index (χ0) is 13.8. The van der Waals surface area contributed by atoms with Gasteiger partial charge in [-0.15, -0.1) is 0 Å². The molecule has 100 valence electrons. The number of aryl methyl sites for hydroxylation is 1. The molecule has 2 aromatic rings. The first-order valence-electron chi connectivity index (χ1n) is 6.33. The molecule has 0 fully saturated rings. The van der Waals surface area contributed by atoms with Gasteiger partial charge in [0.05, 0.1) is 0 Å². The van der Waals surface area contributed by atoms with Crippen molar-refractivity contribution in [1.82, 2.24) is 5.32 Å². The summed E-state index contributed by atoms with van der Waals surface area (Å²) in [5.41, 5.74) is 3.11. The van der Waals surface area contributed by atoms with Gasteiger partial charge in [0, 0.05) is 24.2 Å². The van der Waals surface area contributed by atoms with Crippen molar-refractivity contribution in [3.8, 4) is 5.75 Å². The van der Waals surface area contributed by atoms with Crippen molar-refractivity contribution in [1.29, 1.82) is 0 Å². The highest BCUT2D eigenvalue weighted by molar-refractivity contribution is 5.35.